The molecule has 0 bridgehead atoms. The highest BCUT2D eigenvalue weighted by molar-refractivity contribution is 6.74. The van der Waals surface area contributed by atoms with Gasteiger partial charge in [-0.1, -0.05) is 27.7 Å². The maximum Gasteiger partial charge on any atom is 0.192 e. The highest BCUT2D eigenvalue weighted by Gasteiger charge is 2.41. The molecule has 22 heavy (non-hydrogen) atoms. The van der Waals surface area contributed by atoms with Crippen molar-refractivity contribution in [2.75, 3.05) is 5.73 Å². The van der Waals surface area contributed by atoms with Crippen LogP contribution in [-0.2, 0) is 4.43 Å². The highest BCUT2D eigenvalue weighted by atomic mass is 28.4. The Labute approximate surface area is 136 Å². The van der Waals surface area contributed by atoms with E-state index in [2.05, 4.69) is 51.8 Å². The van der Waals surface area contributed by atoms with Gasteiger partial charge in [-0.3, -0.25) is 4.98 Å². The van der Waals surface area contributed by atoms with E-state index < -0.39 is 8.32 Å². The number of nitrogen functional groups attached to an aromatic ring is 1. The fraction of sp³-hybridized carbons (Fsp3) is 0.722. The van der Waals surface area contributed by atoms with Crippen LogP contribution in [0.1, 0.15) is 58.4 Å². The van der Waals surface area contributed by atoms with Gasteiger partial charge in [0.1, 0.15) is 0 Å². The average Bonchev–Trinajstić information content (AvgIpc) is 2.36. The van der Waals surface area contributed by atoms with E-state index in [9.17, 15) is 0 Å². The zero-order chi connectivity index (χ0) is 16.5. The fourth-order valence-electron chi connectivity index (χ4n) is 3.27. The Morgan fingerprint density at radius 3 is 2.50 bits per heavy atom. The molecule has 3 atom stereocenters. The summed E-state index contributed by atoms with van der Waals surface area (Å²) in [5.74, 6) is 1.18. The van der Waals surface area contributed by atoms with Gasteiger partial charge in [0, 0.05) is 12.3 Å². The van der Waals surface area contributed by atoms with Crippen LogP contribution in [0.15, 0.2) is 18.5 Å². The molecule has 1 heterocycles. The second kappa shape index (κ2) is 6.32. The summed E-state index contributed by atoms with van der Waals surface area (Å²) in [6, 6.07) is 2.08. The molecule has 0 spiro atoms. The first kappa shape index (κ1) is 17.5. The van der Waals surface area contributed by atoms with Crippen LogP contribution in [0, 0.1) is 5.92 Å². The van der Waals surface area contributed by atoms with Gasteiger partial charge >= 0.3 is 0 Å². The van der Waals surface area contributed by atoms with Crippen LogP contribution < -0.4 is 5.73 Å². The zero-order valence-electron chi connectivity index (χ0n) is 15.0. The van der Waals surface area contributed by atoms with Gasteiger partial charge in [0.15, 0.2) is 8.32 Å². The van der Waals surface area contributed by atoms with E-state index in [1.54, 1.807) is 6.20 Å². The van der Waals surface area contributed by atoms with E-state index in [1.165, 1.54) is 18.4 Å². The van der Waals surface area contributed by atoms with Crippen LogP contribution in [0.3, 0.4) is 0 Å². The lowest BCUT2D eigenvalue weighted by Crippen LogP contribution is -2.45. The SMILES string of the molecule is CC1C[C@H](O[Si](C)(C)C(C)(C)C)C[C@H](c2ccncc2N)C1. The first-order valence-corrected chi connectivity index (χ1v) is 11.4. The van der Waals surface area contributed by atoms with Crippen molar-refractivity contribution in [1.82, 2.24) is 4.98 Å². The van der Waals surface area contributed by atoms with Gasteiger partial charge in [-0.05, 0) is 60.9 Å². The minimum atomic E-state index is -1.71. The molecule has 1 aromatic heterocycles. The Bertz CT molecular complexity index is 510. The molecule has 1 aliphatic rings. The predicted molar refractivity (Wildman–Crippen MR) is 96.5 cm³/mol. The Hall–Kier alpha value is -0.873. The third kappa shape index (κ3) is 3.90. The highest BCUT2D eigenvalue weighted by Crippen LogP contribution is 2.43. The Morgan fingerprint density at radius 2 is 1.91 bits per heavy atom. The molecule has 124 valence electrons. The number of aromatic nitrogens is 1. The molecule has 0 amide bonds. The lowest BCUT2D eigenvalue weighted by atomic mass is 9.77. The number of nitrogens with two attached hydrogens (primary N) is 1. The van der Waals surface area contributed by atoms with E-state index in [0.29, 0.717) is 17.9 Å². The van der Waals surface area contributed by atoms with Crippen molar-refractivity contribution in [2.24, 2.45) is 5.92 Å². The molecular weight excluding hydrogens is 288 g/mol. The average molecular weight is 321 g/mol. The Balaban J connectivity index is 2.14. The number of rotatable bonds is 3. The van der Waals surface area contributed by atoms with Crippen molar-refractivity contribution in [3.05, 3.63) is 24.0 Å². The molecule has 1 fully saturated rings. The molecule has 2 N–H and O–H groups in total. The van der Waals surface area contributed by atoms with Gasteiger partial charge in [0.25, 0.3) is 0 Å². The lowest BCUT2D eigenvalue weighted by molar-refractivity contribution is 0.103. The van der Waals surface area contributed by atoms with E-state index in [1.807, 2.05) is 6.20 Å². The van der Waals surface area contributed by atoms with Crippen LogP contribution in [0.2, 0.25) is 18.1 Å². The van der Waals surface area contributed by atoms with Crippen molar-refractivity contribution in [2.45, 2.75) is 77.1 Å². The molecular formula is C18H32N2OSi. The Kier molecular flexibility index (Phi) is 5.02. The first-order valence-electron chi connectivity index (χ1n) is 8.47. The fourth-order valence-corrected chi connectivity index (χ4v) is 4.65. The van der Waals surface area contributed by atoms with Crippen molar-refractivity contribution in [3.63, 3.8) is 0 Å². The number of hydrogen-bond donors (Lipinski definition) is 1. The van der Waals surface area contributed by atoms with Crippen LogP contribution >= 0.6 is 0 Å². The van der Waals surface area contributed by atoms with Gasteiger partial charge in [-0.15, -0.1) is 0 Å². The van der Waals surface area contributed by atoms with Gasteiger partial charge in [-0.25, -0.2) is 0 Å². The van der Waals surface area contributed by atoms with Gasteiger partial charge < -0.3 is 10.2 Å². The number of anilines is 1. The predicted octanol–water partition coefficient (Wildman–Crippen LogP) is 4.96. The standard InChI is InChI=1S/C18H32N2OSi/c1-13-9-14(16-7-8-20-12-17(16)19)11-15(10-13)21-22(5,6)18(2,3)4/h7-8,12-15H,9-11,19H2,1-6H3/t13?,14-,15+/m1/s1. The molecule has 4 heteroatoms. The van der Waals surface area contributed by atoms with Crippen LogP contribution in [-0.4, -0.2) is 19.4 Å². The van der Waals surface area contributed by atoms with Crippen LogP contribution in [0.5, 0.6) is 0 Å². The quantitative estimate of drug-likeness (QED) is 0.801. The summed E-state index contributed by atoms with van der Waals surface area (Å²) in [4.78, 5) is 4.12. The molecule has 0 aromatic carbocycles. The maximum absolute atomic E-state index is 6.69. The minimum Gasteiger partial charge on any atom is -0.414 e. The smallest absolute Gasteiger partial charge is 0.192 e. The molecule has 0 aliphatic heterocycles. The van der Waals surface area contributed by atoms with Gasteiger partial charge in [0.2, 0.25) is 0 Å². The summed E-state index contributed by atoms with van der Waals surface area (Å²) < 4.78 is 6.69. The van der Waals surface area contributed by atoms with E-state index in [-0.39, 0.29) is 5.04 Å². The number of pyridine rings is 1. The molecule has 1 aliphatic carbocycles. The maximum atomic E-state index is 6.69. The molecule has 2 rings (SSSR count). The van der Waals surface area contributed by atoms with Crippen LogP contribution in [0.25, 0.3) is 0 Å². The molecule has 3 nitrogen and oxygen atoms in total. The van der Waals surface area contributed by atoms with E-state index in [4.69, 9.17) is 10.2 Å². The molecule has 1 saturated carbocycles. The molecule has 0 radical (unpaired) electrons. The number of nitrogens with zero attached hydrogens (tertiary/aromatic N) is 1. The van der Waals surface area contributed by atoms with Crippen molar-refractivity contribution >= 4 is 14.0 Å². The molecule has 1 aromatic rings. The van der Waals surface area contributed by atoms with Crippen LogP contribution in [0.4, 0.5) is 5.69 Å². The molecule has 1 unspecified atom stereocenters. The summed E-state index contributed by atoms with van der Waals surface area (Å²) in [7, 11) is -1.71. The van der Waals surface area contributed by atoms with Crippen molar-refractivity contribution in [1.29, 1.82) is 0 Å². The van der Waals surface area contributed by atoms with E-state index in [0.717, 1.165) is 12.1 Å². The first-order chi connectivity index (χ1) is 10.1. The largest absolute Gasteiger partial charge is 0.414 e. The lowest BCUT2D eigenvalue weighted by Gasteiger charge is -2.43. The van der Waals surface area contributed by atoms with Crippen molar-refractivity contribution < 1.29 is 4.43 Å². The Morgan fingerprint density at radius 1 is 1.23 bits per heavy atom. The number of hydrogen-bond acceptors (Lipinski definition) is 3. The molecule has 0 saturated heterocycles. The summed E-state index contributed by atoms with van der Waals surface area (Å²) in [5, 5.41) is 0.263. The summed E-state index contributed by atoms with van der Waals surface area (Å²) in [6.07, 6.45) is 7.46. The summed E-state index contributed by atoms with van der Waals surface area (Å²) in [5.41, 5.74) is 8.23. The third-order valence-electron chi connectivity index (χ3n) is 5.49. The second-order valence-corrected chi connectivity index (χ2v) is 13.3. The van der Waals surface area contributed by atoms with E-state index >= 15 is 0 Å². The minimum absolute atomic E-state index is 0.263. The topological polar surface area (TPSA) is 48.1 Å². The summed E-state index contributed by atoms with van der Waals surface area (Å²) >= 11 is 0. The second-order valence-electron chi connectivity index (χ2n) is 8.51. The van der Waals surface area contributed by atoms with Crippen molar-refractivity contribution in [3.8, 4) is 0 Å². The third-order valence-corrected chi connectivity index (χ3v) is 10.0. The zero-order valence-corrected chi connectivity index (χ0v) is 16.0. The normalized spacial score (nSPS) is 26.9. The monoisotopic (exact) mass is 320 g/mol. The van der Waals surface area contributed by atoms with Gasteiger partial charge in [0.05, 0.1) is 11.9 Å². The van der Waals surface area contributed by atoms with Gasteiger partial charge in [-0.2, -0.15) is 0 Å². The summed E-state index contributed by atoms with van der Waals surface area (Å²) in [6.45, 7) is 14.0.